The highest BCUT2D eigenvalue weighted by Gasteiger charge is 2.48. The number of aryl methyl sites for hydroxylation is 2. The summed E-state index contributed by atoms with van der Waals surface area (Å²) < 4.78 is 5.16. The second kappa shape index (κ2) is 8.17. The number of thiazole rings is 1. The van der Waals surface area contributed by atoms with E-state index in [1.807, 2.05) is 13.8 Å². The molecule has 4 rings (SSSR count). The number of nitrogens with zero attached hydrogens (tertiary/aromatic N) is 2. The third-order valence-corrected chi connectivity index (χ3v) is 6.54. The van der Waals surface area contributed by atoms with Crippen LogP contribution in [0.3, 0.4) is 0 Å². The van der Waals surface area contributed by atoms with Crippen molar-refractivity contribution in [2.45, 2.75) is 19.9 Å². The summed E-state index contributed by atoms with van der Waals surface area (Å²) in [5, 5.41) is 12.0. The highest BCUT2D eigenvalue weighted by molar-refractivity contribution is 7.16. The van der Waals surface area contributed by atoms with Gasteiger partial charge in [-0.15, -0.1) is 11.3 Å². The lowest BCUT2D eigenvalue weighted by atomic mass is 9.95. The van der Waals surface area contributed by atoms with Crippen molar-refractivity contribution in [2.24, 2.45) is 0 Å². The second-order valence-electron chi connectivity index (χ2n) is 7.09. The second-order valence-corrected chi connectivity index (χ2v) is 8.71. The Morgan fingerprint density at radius 1 is 1.10 bits per heavy atom. The monoisotopic (exact) mass is 454 g/mol. The van der Waals surface area contributed by atoms with Crippen molar-refractivity contribution in [3.63, 3.8) is 0 Å². The van der Waals surface area contributed by atoms with Gasteiger partial charge in [0.25, 0.3) is 5.78 Å². The average Bonchev–Trinajstić information content (AvgIpc) is 3.23. The summed E-state index contributed by atoms with van der Waals surface area (Å²) in [5.74, 6) is -1.14. The Morgan fingerprint density at radius 2 is 1.74 bits per heavy atom. The van der Waals surface area contributed by atoms with Crippen LogP contribution in [0.15, 0.2) is 54.1 Å². The van der Waals surface area contributed by atoms with E-state index >= 15 is 0 Å². The summed E-state index contributed by atoms with van der Waals surface area (Å²) in [5.41, 5.74) is 1.84. The number of methoxy groups -OCH3 is 1. The van der Waals surface area contributed by atoms with E-state index in [-0.39, 0.29) is 11.3 Å². The van der Waals surface area contributed by atoms with E-state index in [1.165, 1.54) is 16.2 Å². The maximum Gasteiger partial charge on any atom is 0.301 e. The van der Waals surface area contributed by atoms with Gasteiger partial charge in [-0.05, 0) is 55.8 Å². The number of ether oxygens (including phenoxy) is 1. The van der Waals surface area contributed by atoms with Gasteiger partial charge < -0.3 is 9.84 Å². The number of aromatic nitrogens is 1. The molecule has 0 spiro atoms. The van der Waals surface area contributed by atoms with Crippen LogP contribution in [0.1, 0.15) is 27.7 Å². The number of carbonyl (C=O) groups is 2. The molecule has 1 fully saturated rings. The van der Waals surface area contributed by atoms with Crippen molar-refractivity contribution in [2.75, 3.05) is 12.0 Å². The van der Waals surface area contributed by atoms with Crippen LogP contribution in [0, 0.1) is 13.8 Å². The SMILES string of the molecule is COc1ccc(/C(O)=C2\C(=O)C(=O)N(c3nc(C)c(C)s3)[C@H]2c2ccc(Cl)cc2)cc1. The summed E-state index contributed by atoms with van der Waals surface area (Å²) in [7, 11) is 1.54. The summed E-state index contributed by atoms with van der Waals surface area (Å²) in [6, 6.07) is 12.6. The van der Waals surface area contributed by atoms with E-state index in [0.29, 0.717) is 27.0 Å². The third kappa shape index (κ3) is 3.71. The fraction of sp³-hybridized carbons (Fsp3) is 0.174. The topological polar surface area (TPSA) is 79.7 Å². The van der Waals surface area contributed by atoms with Crippen LogP contribution < -0.4 is 9.64 Å². The van der Waals surface area contributed by atoms with Crippen molar-refractivity contribution in [1.82, 2.24) is 4.98 Å². The quantitative estimate of drug-likeness (QED) is 0.339. The highest BCUT2D eigenvalue weighted by Crippen LogP contribution is 2.43. The number of ketones is 1. The number of carbonyl (C=O) groups excluding carboxylic acids is 2. The van der Waals surface area contributed by atoms with Crippen LogP contribution in [0.4, 0.5) is 5.13 Å². The van der Waals surface area contributed by atoms with Crippen molar-refractivity contribution in [3.05, 3.63) is 80.8 Å². The van der Waals surface area contributed by atoms with E-state index in [1.54, 1.807) is 55.6 Å². The van der Waals surface area contributed by atoms with Gasteiger partial charge in [0.05, 0.1) is 24.4 Å². The predicted octanol–water partition coefficient (Wildman–Crippen LogP) is 5.05. The predicted molar refractivity (Wildman–Crippen MR) is 121 cm³/mol. The molecule has 0 aliphatic carbocycles. The molecule has 2 aromatic carbocycles. The van der Waals surface area contributed by atoms with Gasteiger partial charge >= 0.3 is 5.91 Å². The standard InChI is InChI=1S/C23H19ClN2O4S/c1-12-13(2)31-23(25-12)26-19(14-4-8-16(24)9-5-14)18(21(28)22(26)29)20(27)15-6-10-17(30-3)11-7-15/h4-11,19,27H,1-3H3/b20-18+/t19-/m0/s1. The van der Waals surface area contributed by atoms with E-state index in [4.69, 9.17) is 16.3 Å². The number of amides is 1. The van der Waals surface area contributed by atoms with E-state index in [9.17, 15) is 14.7 Å². The summed E-state index contributed by atoms with van der Waals surface area (Å²) in [6.45, 7) is 3.75. The molecule has 1 atom stereocenters. The molecule has 158 valence electrons. The number of anilines is 1. The number of aliphatic hydroxyl groups is 1. The zero-order valence-electron chi connectivity index (χ0n) is 17.0. The number of hydrogen-bond acceptors (Lipinski definition) is 6. The molecule has 0 saturated carbocycles. The molecule has 0 radical (unpaired) electrons. The molecule has 6 nitrogen and oxygen atoms in total. The molecule has 1 aliphatic heterocycles. The Labute approximate surface area is 188 Å². The molecular weight excluding hydrogens is 436 g/mol. The lowest BCUT2D eigenvalue weighted by Gasteiger charge is -2.23. The van der Waals surface area contributed by atoms with Gasteiger partial charge in [-0.3, -0.25) is 14.5 Å². The molecular formula is C23H19ClN2O4S. The minimum Gasteiger partial charge on any atom is -0.507 e. The highest BCUT2D eigenvalue weighted by atomic mass is 35.5. The molecule has 3 aromatic rings. The normalized spacial score (nSPS) is 17.9. The first-order chi connectivity index (χ1) is 14.8. The average molecular weight is 455 g/mol. The third-order valence-electron chi connectivity index (χ3n) is 5.22. The first-order valence-electron chi connectivity index (χ1n) is 9.46. The summed E-state index contributed by atoms with van der Waals surface area (Å²) in [4.78, 5) is 32.9. The van der Waals surface area contributed by atoms with Crippen LogP contribution in [0.5, 0.6) is 5.75 Å². The van der Waals surface area contributed by atoms with E-state index < -0.39 is 17.7 Å². The molecule has 1 aromatic heterocycles. The lowest BCUT2D eigenvalue weighted by molar-refractivity contribution is -0.132. The lowest BCUT2D eigenvalue weighted by Crippen LogP contribution is -2.29. The van der Waals surface area contributed by atoms with Gasteiger partial charge in [-0.1, -0.05) is 23.7 Å². The van der Waals surface area contributed by atoms with Gasteiger partial charge in [0.2, 0.25) is 0 Å². The first-order valence-corrected chi connectivity index (χ1v) is 10.7. The van der Waals surface area contributed by atoms with Crippen LogP contribution in [0.2, 0.25) is 5.02 Å². The fourth-order valence-electron chi connectivity index (χ4n) is 3.45. The first kappa shape index (κ1) is 21.1. The maximum atomic E-state index is 13.1. The molecule has 0 bridgehead atoms. The van der Waals surface area contributed by atoms with Crippen LogP contribution >= 0.6 is 22.9 Å². The van der Waals surface area contributed by atoms with E-state index in [0.717, 1.165) is 10.6 Å². The van der Waals surface area contributed by atoms with Crippen LogP contribution in [0.25, 0.3) is 5.76 Å². The van der Waals surface area contributed by atoms with Crippen molar-refractivity contribution < 1.29 is 19.4 Å². The van der Waals surface area contributed by atoms with Crippen molar-refractivity contribution >= 4 is 45.5 Å². The largest absolute Gasteiger partial charge is 0.507 e. The molecule has 2 heterocycles. The van der Waals surface area contributed by atoms with Gasteiger partial charge in [-0.2, -0.15) is 0 Å². The van der Waals surface area contributed by atoms with Gasteiger partial charge in [0.1, 0.15) is 11.5 Å². The maximum absolute atomic E-state index is 13.1. The molecule has 8 heteroatoms. The number of halogens is 1. The Kier molecular flexibility index (Phi) is 5.56. The molecule has 0 unspecified atom stereocenters. The molecule has 1 saturated heterocycles. The summed E-state index contributed by atoms with van der Waals surface area (Å²) >= 11 is 7.37. The van der Waals surface area contributed by atoms with Crippen LogP contribution in [-0.2, 0) is 9.59 Å². The van der Waals surface area contributed by atoms with E-state index in [2.05, 4.69) is 4.98 Å². The minimum absolute atomic E-state index is 0.00277. The zero-order valence-corrected chi connectivity index (χ0v) is 18.6. The van der Waals surface area contributed by atoms with Crippen molar-refractivity contribution in [3.8, 4) is 5.75 Å². The Morgan fingerprint density at radius 3 is 2.29 bits per heavy atom. The molecule has 31 heavy (non-hydrogen) atoms. The zero-order chi connectivity index (χ0) is 22.3. The molecule has 1 amide bonds. The fourth-order valence-corrected chi connectivity index (χ4v) is 4.52. The number of aliphatic hydroxyl groups excluding tert-OH is 1. The molecule has 1 aliphatic rings. The van der Waals surface area contributed by atoms with Gasteiger partial charge in [0, 0.05) is 15.5 Å². The Balaban J connectivity index is 1.92. The van der Waals surface area contributed by atoms with Crippen LogP contribution in [-0.4, -0.2) is 28.9 Å². The molecule has 1 N–H and O–H groups in total. The minimum atomic E-state index is -0.829. The number of rotatable bonds is 4. The van der Waals surface area contributed by atoms with Gasteiger partial charge in [-0.25, -0.2) is 4.98 Å². The Bertz CT molecular complexity index is 1180. The van der Waals surface area contributed by atoms with Gasteiger partial charge in [0.15, 0.2) is 5.13 Å². The Hall–Kier alpha value is -3.16. The van der Waals surface area contributed by atoms with Crippen molar-refractivity contribution in [1.29, 1.82) is 0 Å². The smallest absolute Gasteiger partial charge is 0.301 e. The number of benzene rings is 2. The summed E-state index contributed by atoms with van der Waals surface area (Å²) in [6.07, 6.45) is 0. The number of hydrogen-bond donors (Lipinski definition) is 1. The number of Topliss-reactive ketones (excluding diaryl/α,β-unsaturated/α-hetero) is 1.